The van der Waals surface area contributed by atoms with Gasteiger partial charge in [-0.05, 0) is 113 Å². The molecule has 0 saturated heterocycles. The van der Waals surface area contributed by atoms with Crippen LogP contribution in [-0.2, 0) is 48.1 Å². The van der Waals surface area contributed by atoms with Crippen LogP contribution in [0.2, 0.25) is 0 Å². The van der Waals surface area contributed by atoms with Crippen LogP contribution >= 0.6 is 0 Å². The Morgan fingerprint density at radius 1 is 0.493 bits per heavy atom. The fourth-order valence-electron chi connectivity index (χ4n) is 11.3. The molecule has 75 heavy (non-hydrogen) atoms. The molecule has 1 aliphatic rings. The molecule has 0 radical (unpaired) electrons. The van der Waals surface area contributed by atoms with Gasteiger partial charge in [0.15, 0.2) is 0 Å². The molecule has 0 bridgehead atoms. The van der Waals surface area contributed by atoms with E-state index >= 15 is 0 Å². The van der Waals surface area contributed by atoms with Crippen molar-refractivity contribution in [2.24, 2.45) is 0 Å². The smallest absolute Gasteiger partial charge is 0.148 e. The van der Waals surface area contributed by atoms with Gasteiger partial charge in [-0.15, -0.1) is 29.3 Å². The van der Waals surface area contributed by atoms with Gasteiger partial charge in [-0.1, -0.05) is 222 Å². The van der Waals surface area contributed by atoms with Crippen LogP contribution in [-0.4, -0.2) is 19.6 Å². The molecule has 0 spiro atoms. The predicted octanol–water partition coefficient (Wildman–Crippen LogP) is 18.5. The monoisotopic (exact) mass is 1160 g/mol. The Labute approximate surface area is 459 Å². The van der Waals surface area contributed by atoms with Crippen molar-refractivity contribution in [3.8, 4) is 78.6 Å². The fraction of sp³-hybridized carbons (Fsp3) is 0.257. The van der Waals surface area contributed by atoms with E-state index in [0.29, 0.717) is 11.4 Å². The van der Waals surface area contributed by atoms with Crippen LogP contribution < -0.4 is 0 Å². The van der Waals surface area contributed by atoms with E-state index in [1.165, 1.54) is 33.0 Å². The van der Waals surface area contributed by atoms with E-state index in [2.05, 4.69) is 258 Å². The molecule has 5 heteroatoms. The van der Waals surface area contributed by atoms with Crippen molar-refractivity contribution < 1.29 is 26.2 Å². The first kappa shape index (κ1) is 51.6. The summed E-state index contributed by atoms with van der Waals surface area (Å²) in [4.78, 5) is 10.7. The Balaban J connectivity index is 0.00000641. The summed E-state index contributed by atoms with van der Waals surface area (Å²) >= 11 is 0. The third-order valence-electron chi connectivity index (χ3n) is 16.5. The van der Waals surface area contributed by atoms with Gasteiger partial charge < -0.3 is 5.11 Å². The number of pyridine rings is 1. The second-order valence-electron chi connectivity index (χ2n) is 24.8. The van der Waals surface area contributed by atoms with Gasteiger partial charge in [-0.3, -0.25) is 9.55 Å². The number of phenolic OH excluding ortho intramolecular Hbond substituents is 1. The first-order chi connectivity index (χ1) is 35.0. The van der Waals surface area contributed by atoms with E-state index in [4.69, 9.17) is 9.97 Å². The van der Waals surface area contributed by atoms with Crippen molar-refractivity contribution in [3.63, 3.8) is 0 Å². The number of hydrogen-bond donors (Lipinski definition) is 1. The Kier molecular flexibility index (Phi) is 12.7. The third kappa shape index (κ3) is 8.78. The first-order valence-corrected chi connectivity index (χ1v) is 26.3. The molecule has 4 nitrogen and oxygen atoms in total. The van der Waals surface area contributed by atoms with Gasteiger partial charge in [0.2, 0.25) is 0 Å². The molecule has 0 saturated carbocycles. The topological polar surface area (TPSA) is 50.9 Å². The van der Waals surface area contributed by atoms with Crippen LogP contribution in [0.15, 0.2) is 170 Å². The number of benzene rings is 8. The Bertz CT molecular complexity index is 3820. The number of nitrogens with zero attached hydrogens (tertiary/aromatic N) is 3. The summed E-state index contributed by atoms with van der Waals surface area (Å²) in [7, 11) is 0. The van der Waals surface area contributed by atoms with Crippen molar-refractivity contribution in [2.75, 3.05) is 0 Å². The number of rotatable bonds is 7. The van der Waals surface area contributed by atoms with Gasteiger partial charge in [0, 0.05) is 44.1 Å². The Morgan fingerprint density at radius 3 is 1.79 bits per heavy atom. The molecule has 0 fully saturated rings. The minimum Gasteiger partial charge on any atom is -0.507 e. The predicted molar refractivity (Wildman–Crippen MR) is 312 cm³/mol. The minimum absolute atomic E-state index is 0. The number of imidazole rings is 1. The summed E-state index contributed by atoms with van der Waals surface area (Å²) in [6.07, 6.45) is 1.90. The van der Waals surface area contributed by atoms with Gasteiger partial charge in [0.25, 0.3) is 0 Å². The van der Waals surface area contributed by atoms with Crippen LogP contribution in [0.3, 0.4) is 0 Å². The minimum atomic E-state index is -0.354. The second kappa shape index (κ2) is 18.5. The molecule has 8 aromatic carbocycles. The summed E-state index contributed by atoms with van der Waals surface area (Å²) in [6, 6.07) is 63.2. The second-order valence-corrected chi connectivity index (χ2v) is 24.8. The fourth-order valence-corrected chi connectivity index (χ4v) is 11.3. The Morgan fingerprint density at radius 2 is 1.12 bits per heavy atom. The van der Waals surface area contributed by atoms with Crippen molar-refractivity contribution in [1.82, 2.24) is 14.5 Å². The molecule has 10 aromatic rings. The maximum absolute atomic E-state index is 12.8. The molecule has 0 aliphatic heterocycles. The van der Waals surface area contributed by atoms with Gasteiger partial charge in [0.05, 0.1) is 22.3 Å². The van der Waals surface area contributed by atoms with Crippen LogP contribution in [0.25, 0.3) is 94.6 Å². The third-order valence-corrected chi connectivity index (χ3v) is 16.5. The zero-order valence-corrected chi connectivity index (χ0v) is 48.0. The number of aromatic hydroxyl groups is 1. The van der Waals surface area contributed by atoms with E-state index < -0.39 is 0 Å². The summed E-state index contributed by atoms with van der Waals surface area (Å²) in [5, 5.41) is 15.4. The summed E-state index contributed by atoms with van der Waals surface area (Å²) in [6.45, 7) is 29.6. The van der Waals surface area contributed by atoms with Crippen LogP contribution in [0.5, 0.6) is 5.75 Å². The zero-order chi connectivity index (χ0) is 52.3. The molecular weight excluding hydrogens is 1090 g/mol. The number of phenols is 1. The molecule has 380 valence electrons. The van der Waals surface area contributed by atoms with Crippen LogP contribution in [0.4, 0.5) is 0 Å². The molecule has 0 amide bonds. The van der Waals surface area contributed by atoms with Crippen molar-refractivity contribution >= 4 is 21.8 Å². The van der Waals surface area contributed by atoms with E-state index in [1.807, 2.05) is 12.3 Å². The maximum atomic E-state index is 12.8. The average molecular weight is 1160 g/mol. The standard InChI is InChI=1S/C70H68N3O.Pt/c1-66(2,3)49-37-47(36-48(38-49)59-40-45(34-35-71-59)43-22-16-14-17-23-43)52-26-21-29-61-63(52)72-65(55-41-50(67(4,5)6)42-58(64(55)74)68(7,8)9)73(61)60-33-30-46(39-54(60)44-24-18-15-19-25-44)51-31-32-57-62-53(51)27-20-28-56(62)69(10,11)70(57,12)13;/h14-35,37-42,74H,1-13H3;/q-1;. The largest absolute Gasteiger partial charge is 0.507 e. The molecule has 2 aromatic heterocycles. The maximum Gasteiger partial charge on any atom is 0.148 e. The molecule has 1 N–H and O–H groups in total. The van der Waals surface area contributed by atoms with Gasteiger partial charge in [-0.2, -0.15) is 0 Å². The molecule has 1 aliphatic carbocycles. The molecule has 0 atom stereocenters. The Hall–Kier alpha value is -6.87. The normalized spacial score (nSPS) is 14.1. The summed E-state index contributed by atoms with van der Waals surface area (Å²) in [5.74, 6) is 0.916. The summed E-state index contributed by atoms with van der Waals surface area (Å²) in [5.41, 5.74) is 19.0. The number of hydrogen-bond acceptors (Lipinski definition) is 3. The molecular formula is C70H68N3OPt-. The zero-order valence-electron chi connectivity index (χ0n) is 45.8. The summed E-state index contributed by atoms with van der Waals surface area (Å²) < 4.78 is 2.30. The molecule has 0 unspecified atom stereocenters. The van der Waals surface area contributed by atoms with E-state index in [0.717, 1.165) is 78.0 Å². The number of fused-ring (bicyclic) bond motifs is 1. The van der Waals surface area contributed by atoms with Crippen molar-refractivity contribution in [1.29, 1.82) is 0 Å². The number of aromatic nitrogens is 3. The van der Waals surface area contributed by atoms with E-state index in [1.54, 1.807) is 0 Å². The van der Waals surface area contributed by atoms with Crippen molar-refractivity contribution in [3.05, 3.63) is 204 Å². The SMILES string of the molecule is CC(C)(C)c1cc(-c2cc(-c3ccccc3)ccn2)[c-]c(-c2cccc3c2nc(-c2cc(C(C)(C)C)cc(C(C)(C)C)c2O)n3-c2ccc(-c3ccc4c5c(cccc35)C(C)(C)C4(C)C)cc2-c2ccccc2)c1.[Pt]. The van der Waals surface area contributed by atoms with Gasteiger partial charge in [0.1, 0.15) is 11.6 Å². The number of para-hydroxylation sites is 1. The van der Waals surface area contributed by atoms with Gasteiger partial charge >= 0.3 is 0 Å². The van der Waals surface area contributed by atoms with E-state index in [9.17, 15) is 5.11 Å². The first-order valence-electron chi connectivity index (χ1n) is 26.3. The van der Waals surface area contributed by atoms with Gasteiger partial charge in [-0.25, -0.2) is 4.98 Å². The molecule has 2 heterocycles. The quantitative estimate of drug-likeness (QED) is 0.162. The molecule has 11 rings (SSSR count). The van der Waals surface area contributed by atoms with E-state index in [-0.39, 0.29) is 53.9 Å². The van der Waals surface area contributed by atoms with Crippen LogP contribution in [0, 0.1) is 6.07 Å². The van der Waals surface area contributed by atoms with Crippen molar-refractivity contribution in [2.45, 2.75) is 117 Å². The van der Waals surface area contributed by atoms with Crippen LogP contribution in [0.1, 0.15) is 118 Å². The average Bonchev–Trinajstić information content (AvgIpc) is 3.85.